The molecule has 1 aromatic rings. The normalized spacial score (nSPS) is 33.5. The summed E-state index contributed by atoms with van der Waals surface area (Å²) in [6, 6.07) is 5.39. The summed E-state index contributed by atoms with van der Waals surface area (Å²) in [6.07, 6.45) is -3.27. The molecule has 3 atom stereocenters. The first-order valence-corrected chi connectivity index (χ1v) is 7.25. The molecule has 1 aliphatic heterocycles. The predicted molar refractivity (Wildman–Crippen MR) is 73.0 cm³/mol. The molecule has 21 heavy (non-hydrogen) atoms. The van der Waals surface area contributed by atoms with Crippen molar-refractivity contribution >= 4 is 0 Å². The van der Waals surface area contributed by atoms with Gasteiger partial charge in [0.25, 0.3) is 0 Å². The van der Waals surface area contributed by atoms with Crippen LogP contribution >= 0.6 is 0 Å². The van der Waals surface area contributed by atoms with Crippen LogP contribution in [-0.4, -0.2) is 36.4 Å². The number of hydrogen-bond donors (Lipinski definition) is 3. The summed E-state index contributed by atoms with van der Waals surface area (Å²) in [7, 11) is 0. The zero-order chi connectivity index (χ0) is 15.1. The van der Waals surface area contributed by atoms with E-state index in [-0.39, 0.29) is 11.6 Å². The molecule has 1 saturated heterocycles. The minimum atomic E-state index is -4.38. The molecule has 0 radical (unpaired) electrons. The first-order chi connectivity index (χ1) is 9.93. The van der Waals surface area contributed by atoms with E-state index in [1.807, 2.05) is 0 Å². The number of alkyl halides is 3. The van der Waals surface area contributed by atoms with Crippen molar-refractivity contribution < 1.29 is 18.3 Å². The maximum absolute atomic E-state index is 13.2. The zero-order valence-corrected chi connectivity index (χ0v) is 11.6. The fourth-order valence-corrected chi connectivity index (χ4v) is 3.49. The van der Waals surface area contributed by atoms with Crippen molar-refractivity contribution in [2.45, 2.75) is 36.6 Å². The Morgan fingerprint density at radius 2 is 1.95 bits per heavy atom. The summed E-state index contributed by atoms with van der Waals surface area (Å²) in [4.78, 5) is 0. The second kappa shape index (κ2) is 5.26. The van der Waals surface area contributed by atoms with Gasteiger partial charge in [0.2, 0.25) is 0 Å². The lowest BCUT2D eigenvalue weighted by Crippen LogP contribution is -2.66. The average molecular weight is 300 g/mol. The van der Waals surface area contributed by atoms with Crippen LogP contribution in [0.5, 0.6) is 0 Å². The number of piperazine rings is 1. The van der Waals surface area contributed by atoms with E-state index in [0.29, 0.717) is 19.4 Å². The maximum atomic E-state index is 13.2. The van der Waals surface area contributed by atoms with E-state index >= 15 is 0 Å². The molecule has 2 fully saturated rings. The van der Waals surface area contributed by atoms with E-state index in [0.717, 1.165) is 19.2 Å². The fourth-order valence-electron chi connectivity index (χ4n) is 3.49. The molecule has 0 spiro atoms. The summed E-state index contributed by atoms with van der Waals surface area (Å²) >= 11 is 0. The molecule has 2 aliphatic rings. The Labute approximate surface area is 121 Å². The highest BCUT2D eigenvalue weighted by atomic mass is 19.4. The van der Waals surface area contributed by atoms with Crippen LogP contribution in [0.15, 0.2) is 24.3 Å². The third kappa shape index (κ3) is 2.56. The van der Waals surface area contributed by atoms with Crippen LogP contribution in [0, 0.1) is 0 Å². The largest absolute Gasteiger partial charge is 0.416 e. The van der Waals surface area contributed by atoms with Gasteiger partial charge in [-0.25, -0.2) is 0 Å². The fraction of sp³-hybridized carbons (Fsp3) is 0.600. The van der Waals surface area contributed by atoms with Crippen LogP contribution < -0.4 is 10.6 Å². The van der Waals surface area contributed by atoms with Crippen molar-refractivity contribution in [1.29, 1.82) is 0 Å². The van der Waals surface area contributed by atoms with Gasteiger partial charge in [0.15, 0.2) is 0 Å². The van der Waals surface area contributed by atoms with Crippen LogP contribution in [-0.2, 0) is 6.18 Å². The summed E-state index contributed by atoms with van der Waals surface area (Å²) in [5.74, 6) is -0.465. The van der Waals surface area contributed by atoms with Gasteiger partial charge in [-0.15, -0.1) is 0 Å². The van der Waals surface area contributed by atoms with E-state index < -0.39 is 23.3 Å². The van der Waals surface area contributed by atoms with E-state index in [1.165, 1.54) is 12.1 Å². The lowest BCUT2D eigenvalue weighted by Gasteiger charge is -2.52. The van der Waals surface area contributed by atoms with Gasteiger partial charge in [0.05, 0.1) is 11.2 Å². The van der Waals surface area contributed by atoms with Crippen molar-refractivity contribution in [2.24, 2.45) is 0 Å². The van der Waals surface area contributed by atoms with E-state index in [1.54, 1.807) is 6.07 Å². The SMILES string of the molecule is OC1(C2CNCCN2)CCC1c1ccccc1C(F)(F)F. The van der Waals surface area contributed by atoms with Crippen molar-refractivity contribution in [1.82, 2.24) is 10.6 Å². The summed E-state index contributed by atoms with van der Waals surface area (Å²) in [5, 5.41) is 17.3. The number of rotatable bonds is 2. The van der Waals surface area contributed by atoms with Crippen LogP contribution in [0.25, 0.3) is 0 Å². The van der Waals surface area contributed by atoms with Gasteiger partial charge < -0.3 is 15.7 Å². The minimum absolute atomic E-state index is 0.203. The smallest absolute Gasteiger partial charge is 0.388 e. The first kappa shape index (κ1) is 14.8. The number of nitrogens with one attached hydrogen (secondary N) is 2. The molecule has 3 rings (SSSR count). The molecule has 6 heteroatoms. The van der Waals surface area contributed by atoms with E-state index in [4.69, 9.17) is 0 Å². The van der Waals surface area contributed by atoms with Crippen LogP contribution in [0.4, 0.5) is 13.2 Å². The Morgan fingerprint density at radius 3 is 2.52 bits per heavy atom. The zero-order valence-electron chi connectivity index (χ0n) is 11.6. The standard InChI is InChI=1S/C15H19F3N2O/c16-15(17,18)12-4-2-1-3-10(12)11-5-6-14(11,21)13-9-19-7-8-20-13/h1-4,11,13,19-21H,5-9H2. The van der Waals surface area contributed by atoms with E-state index in [9.17, 15) is 18.3 Å². The van der Waals surface area contributed by atoms with Gasteiger partial charge in [-0.05, 0) is 24.5 Å². The van der Waals surface area contributed by atoms with Crippen LogP contribution in [0.3, 0.4) is 0 Å². The summed E-state index contributed by atoms with van der Waals surface area (Å²) in [5.41, 5.74) is -1.52. The third-order valence-electron chi connectivity index (χ3n) is 4.72. The molecule has 3 nitrogen and oxygen atoms in total. The quantitative estimate of drug-likeness (QED) is 0.781. The molecule has 0 amide bonds. The van der Waals surface area contributed by atoms with Crippen molar-refractivity contribution in [3.05, 3.63) is 35.4 Å². The Morgan fingerprint density at radius 1 is 1.19 bits per heavy atom. The molecule has 1 aliphatic carbocycles. The Bertz CT molecular complexity index is 514. The monoisotopic (exact) mass is 300 g/mol. The highest BCUT2D eigenvalue weighted by molar-refractivity contribution is 5.37. The second-order valence-electron chi connectivity index (χ2n) is 5.88. The first-order valence-electron chi connectivity index (χ1n) is 7.25. The van der Waals surface area contributed by atoms with Gasteiger partial charge in [-0.1, -0.05) is 18.2 Å². The van der Waals surface area contributed by atoms with Gasteiger partial charge in [0.1, 0.15) is 0 Å². The molecular weight excluding hydrogens is 281 g/mol. The Balaban J connectivity index is 1.91. The summed E-state index contributed by atoms with van der Waals surface area (Å²) < 4.78 is 39.5. The predicted octanol–water partition coefficient (Wildman–Crippen LogP) is 1.88. The number of hydrogen-bond acceptors (Lipinski definition) is 3. The van der Waals surface area contributed by atoms with Crippen LogP contribution in [0.1, 0.15) is 29.9 Å². The topological polar surface area (TPSA) is 44.3 Å². The summed E-state index contributed by atoms with van der Waals surface area (Å²) in [6.45, 7) is 2.12. The molecule has 3 unspecified atom stereocenters. The van der Waals surface area contributed by atoms with Crippen molar-refractivity contribution in [3.8, 4) is 0 Å². The number of halogens is 3. The number of aliphatic hydroxyl groups is 1. The number of benzene rings is 1. The van der Waals surface area contributed by atoms with Crippen molar-refractivity contribution in [3.63, 3.8) is 0 Å². The molecule has 3 N–H and O–H groups in total. The highest BCUT2D eigenvalue weighted by Crippen LogP contribution is 2.51. The van der Waals surface area contributed by atoms with Gasteiger partial charge >= 0.3 is 6.18 Å². The Kier molecular flexibility index (Phi) is 3.71. The Hall–Kier alpha value is -1.11. The molecule has 116 valence electrons. The van der Waals surface area contributed by atoms with Crippen molar-refractivity contribution in [2.75, 3.05) is 19.6 Å². The van der Waals surface area contributed by atoms with Gasteiger partial charge in [0, 0.05) is 31.6 Å². The molecular formula is C15H19F3N2O. The minimum Gasteiger partial charge on any atom is -0.388 e. The van der Waals surface area contributed by atoms with E-state index in [2.05, 4.69) is 10.6 Å². The van der Waals surface area contributed by atoms with Gasteiger partial charge in [-0.3, -0.25) is 0 Å². The molecule has 0 aromatic heterocycles. The maximum Gasteiger partial charge on any atom is 0.416 e. The highest BCUT2D eigenvalue weighted by Gasteiger charge is 2.53. The second-order valence-corrected chi connectivity index (χ2v) is 5.88. The lowest BCUT2D eigenvalue weighted by atomic mass is 9.61. The van der Waals surface area contributed by atoms with Gasteiger partial charge in [-0.2, -0.15) is 13.2 Å². The lowest BCUT2D eigenvalue weighted by molar-refractivity contribution is -0.141. The third-order valence-corrected chi connectivity index (χ3v) is 4.72. The molecule has 0 bridgehead atoms. The molecule has 1 heterocycles. The molecule has 1 aromatic carbocycles. The molecule has 1 saturated carbocycles. The average Bonchev–Trinajstić information content (AvgIpc) is 2.46. The van der Waals surface area contributed by atoms with Crippen LogP contribution in [0.2, 0.25) is 0 Å².